The van der Waals surface area contributed by atoms with Crippen molar-refractivity contribution in [3.8, 4) is 11.3 Å². The highest BCUT2D eigenvalue weighted by Crippen LogP contribution is 2.47. The summed E-state index contributed by atoms with van der Waals surface area (Å²) >= 11 is 0. The van der Waals surface area contributed by atoms with Crippen molar-refractivity contribution in [2.24, 2.45) is 5.73 Å². The molecule has 2 fully saturated rings. The number of fused-ring (bicyclic) bond motifs is 5. The van der Waals surface area contributed by atoms with E-state index in [4.69, 9.17) is 5.73 Å². The van der Waals surface area contributed by atoms with E-state index in [1.54, 1.807) is 6.07 Å². The van der Waals surface area contributed by atoms with Crippen molar-refractivity contribution in [3.63, 3.8) is 0 Å². The Morgan fingerprint density at radius 1 is 0.842 bits per heavy atom. The molecule has 0 radical (unpaired) electrons. The number of hydrogen-bond donors (Lipinski definition) is 2. The molecule has 1 saturated carbocycles. The molecule has 7 nitrogen and oxygen atoms in total. The van der Waals surface area contributed by atoms with Crippen LogP contribution in [0.4, 0.5) is 5.69 Å². The number of carboxylic acids is 1. The fourth-order valence-electron chi connectivity index (χ4n) is 7.00. The number of nitrogens with two attached hydrogens (primary N) is 1. The van der Waals surface area contributed by atoms with E-state index >= 15 is 0 Å². The predicted octanol–water partition coefficient (Wildman–Crippen LogP) is 5.46. The van der Waals surface area contributed by atoms with Crippen LogP contribution in [0.1, 0.15) is 83.6 Å². The Bertz CT molecular complexity index is 1370. The van der Waals surface area contributed by atoms with E-state index in [1.165, 1.54) is 55.2 Å². The smallest absolute Gasteiger partial charge is 0.335 e. The van der Waals surface area contributed by atoms with Gasteiger partial charge in [-0.15, -0.1) is 0 Å². The molecule has 0 bridgehead atoms. The van der Waals surface area contributed by atoms with Crippen LogP contribution in [0, 0.1) is 0 Å². The molecule has 1 saturated heterocycles. The Kier molecular flexibility index (Phi) is 6.87. The Morgan fingerprint density at radius 2 is 1.58 bits per heavy atom. The molecule has 1 aliphatic carbocycles. The summed E-state index contributed by atoms with van der Waals surface area (Å²) < 4.78 is 2.36. The van der Waals surface area contributed by atoms with Gasteiger partial charge >= 0.3 is 5.97 Å². The highest BCUT2D eigenvalue weighted by Gasteiger charge is 2.31. The van der Waals surface area contributed by atoms with Crippen LogP contribution in [0.25, 0.3) is 22.2 Å². The van der Waals surface area contributed by atoms with Crippen LogP contribution in [0.5, 0.6) is 0 Å². The number of likely N-dealkylation sites (tertiary alicyclic amines) is 1. The van der Waals surface area contributed by atoms with Crippen LogP contribution in [0.15, 0.2) is 36.4 Å². The Morgan fingerprint density at radius 3 is 2.32 bits per heavy atom. The molecule has 3 aromatic rings. The van der Waals surface area contributed by atoms with Crippen molar-refractivity contribution in [2.75, 3.05) is 37.6 Å². The lowest BCUT2D eigenvalue weighted by atomic mass is 9.81. The summed E-state index contributed by atoms with van der Waals surface area (Å²) in [5.74, 6) is -0.862. The number of aromatic nitrogens is 1. The van der Waals surface area contributed by atoms with Gasteiger partial charge in [0.2, 0.25) is 5.91 Å². The van der Waals surface area contributed by atoms with Crippen molar-refractivity contribution in [1.82, 2.24) is 9.47 Å². The molecule has 0 spiro atoms. The summed E-state index contributed by atoms with van der Waals surface area (Å²) in [6, 6.07) is 11.5. The summed E-state index contributed by atoms with van der Waals surface area (Å²) in [6.45, 7) is 5.74. The van der Waals surface area contributed by atoms with Gasteiger partial charge in [-0.3, -0.25) is 4.79 Å². The van der Waals surface area contributed by atoms with E-state index < -0.39 is 11.9 Å². The molecule has 0 unspecified atom stereocenters. The number of amides is 1. The number of carboxylic acid groups (broad SMARTS) is 1. The standard InChI is InChI=1S/C31H38N4O3/c32-30(36)22-9-12-25-26(19-22)34(16-15-33-13-5-2-6-14-33)17-18-35-27-20-23(31(37)38)10-11-24(27)28(29(25)35)21-7-3-1-4-8-21/h9-12,19-21H,1-8,13-18H2,(H2,32,36)(H,37,38). The Hall–Kier alpha value is -3.32. The lowest BCUT2D eigenvalue weighted by molar-refractivity contribution is 0.0696. The topological polar surface area (TPSA) is 91.8 Å². The maximum atomic E-state index is 12.2. The normalized spacial score (nSPS) is 18.7. The van der Waals surface area contributed by atoms with Crippen LogP contribution >= 0.6 is 0 Å². The zero-order valence-electron chi connectivity index (χ0n) is 22.1. The number of piperidine rings is 1. The van der Waals surface area contributed by atoms with Gasteiger partial charge < -0.3 is 25.2 Å². The van der Waals surface area contributed by atoms with Gasteiger partial charge in [-0.1, -0.05) is 31.7 Å². The third-order valence-electron chi connectivity index (χ3n) is 8.97. The van der Waals surface area contributed by atoms with Gasteiger partial charge in [-0.05, 0) is 80.6 Å². The molecule has 3 heterocycles. The molecule has 1 amide bonds. The molecule has 7 heteroatoms. The fourth-order valence-corrected chi connectivity index (χ4v) is 7.00. The second kappa shape index (κ2) is 10.4. The lowest BCUT2D eigenvalue weighted by Gasteiger charge is -2.31. The number of primary amides is 1. The Balaban J connectivity index is 1.51. The third-order valence-corrected chi connectivity index (χ3v) is 8.97. The first kappa shape index (κ1) is 25.0. The predicted molar refractivity (Wildman–Crippen MR) is 151 cm³/mol. The first-order valence-corrected chi connectivity index (χ1v) is 14.3. The third kappa shape index (κ3) is 4.57. The minimum absolute atomic E-state index is 0.323. The average Bonchev–Trinajstić information content (AvgIpc) is 3.18. The maximum Gasteiger partial charge on any atom is 0.335 e. The first-order chi connectivity index (χ1) is 18.5. The second-order valence-electron chi connectivity index (χ2n) is 11.3. The highest BCUT2D eigenvalue weighted by atomic mass is 16.4. The molecule has 38 heavy (non-hydrogen) atoms. The number of benzene rings is 2. The van der Waals surface area contributed by atoms with Crippen LogP contribution in [-0.4, -0.2) is 59.2 Å². The molecule has 0 atom stereocenters. The molecule has 6 rings (SSSR count). The first-order valence-electron chi connectivity index (χ1n) is 14.3. The molecule has 2 aromatic carbocycles. The van der Waals surface area contributed by atoms with E-state index in [1.807, 2.05) is 24.3 Å². The van der Waals surface area contributed by atoms with Gasteiger partial charge in [-0.25, -0.2) is 4.79 Å². The van der Waals surface area contributed by atoms with Crippen LogP contribution < -0.4 is 10.6 Å². The number of rotatable bonds is 6. The fraction of sp³-hybridized carbons (Fsp3) is 0.484. The van der Waals surface area contributed by atoms with Gasteiger partial charge in [-0.2, -0.15) is 0 Å². The Labute approximate surface area is 224 Å². The van der Waals surface area contributed by atoms with Gasteiger partial charge in [0, 0.05) is 53.9 Å². The van der Waals surface area contributed by atoms with E-state index in [2.05, 4.69) is 20.4 Å². The van der Waals surface area contributed by atoms with Crippen LogP contribution in [0.2, 0.25) is 0 Å². The zero-order valence-corrected chi connectivity index (χ0v) is 22.1. The molecule has 3 aliphatic rings. The number of aromatic carboxylic acids is 1. The van der Waals surface area contributed by atoms with Crippen molar-refractivity contribution < 1.29 is 14.7 Å². The summed E-state index contributed by atoms with van der Waals surface area (Å²) in [5.41, 5.74) is 12.3. The quantitative estimate of drug-likeness (QED) is 0.456. The molecule has 200 valence electrons. The van der Waals surface area contributed by atoms with Crippen molar-refractivity contribution in [3.05, 3.63) is 53.1 Å². The summed E-state index contributed by atoms with van der Waals surface area (Å²) in [7, 11) is 0. The summed E-state index contributed by atoms with van der Waals surface area (Å²) in [6.07, 6.45) is 9.86. The van der Waals surface area contributed by atoms with Crippen molar-refractivity contribution in [2.45, 2.75) is 63.8 Å². The molecule has 1 aromatic heterocycles. The molecule has 2 aliphatic heterocycles. The van der Waals surface area contributed by atoms with Gasteiger partial charge in [0.25, 0.3) is 0 Å². The summed E-state index contributed by atoms with van der Waals surface area (Å²) in [4.78, 5) is 29.1. The molecular formula is C31H38N4O3. The van der Waals surface area contributed by atoms with E-state index in [-0.39, 0.29) is 0 Å². The van der Waals surface area contributed by atoms with Gasteiger partial charge in [0.05, 0.1) is 11.3 Å². The number of hydrogen-bond acceptors (Lipinski definition) is 4. The van der Waals surface area contributed by atoms with E-state index in [0.717, 1.165) is 68.9 Å². The minimum atomic E-state index is -0.898. The average molecular weight is 515 g/mol. The number of nitrogens with zero attached hydrogens (tertiary/aromatic N) is 3. The van der Waals surface area contributed by atoms with E-state index in [0.29, 0.717) is 17.0 Å². The van der Waals surface area contributed by atoms with Crippen molar-refractivity contribution in [1.29, 1.82) is 0 Å². The maximum absolute atomic E-state index is 12.2. The highest BCUT2D eigenvalue weighted by molar-refractivity contribution is 6.01. The zero-order chi connectivity index (χ0) is 26.2. The monoisotopic (exact) mass is 514 g/mol. The second-order valence-corrected chi connectivity index (χ2v) is 11.3. The van der Waals surface area contributed by atoms with Crippen LogP contribution in [0.3, 0.4) is 0 Å². The van der Waals surface area contributed by atoms with Crippen LogP contribution in [-0.2, 0) is 6.54 Å². The van der Waals surface area contributed by atoms with Gasteiger partial charge in [0.15, 0.2) is 0 Å². The SMILES string of the molecule is NC(=O)c1ccc2c(c1)N(CCN1CCCCC1)CCn1c-2c(C2CCCCC2)c2ccc(C(=O)O)cc21. The largest absolute Gasteiger partial charge is 0.478 e. The van der Waals surface area contributed by atoms with E-state index in [9.17, 15) is 14.7 Å². The van der Waals surface area contributed by atoms with Crippen molar-refractivity contribution >= 4 is 28.5 Å². The minimum Gasteiger partial charge on any atom is -0.478 e. The van der Waals surface area contributed by atoms with Gasteiger partial charge in [0.1, 0.15) is 0 Å². The lowest BCUT2D eigenvalue weighted by Crippen LogP contribution is -2.38. The number of carbonyl (C=O) groups excluding carboxylic acids is 1. The molecular weight excluding hydrogens is 476 g/mol. The summed E-state index contributed by atoms with van der Waals surface area (Å²) in [5, 5.41) is 10.9. The molecule has 3 N–H and O–H groups in total. The number of carbonyl (C=O) groups is 2. The number of anilines is 1.